The molecular formula is C16H24ClN. The number of benzene rings is 1. The summed E-state index contributed by atoms with van der Waals surface area (Å²) in [6.07, 6.45) is 8.26. The zero-order valence-corrected chi connectivity index (χ0v) is 12.0. The van der Waals surface area contributed by atoms with Crippen molar-refractivity contribution in [2.75, 3.05) is 0 Å². The van der Waals surface area contributed by atoms with Crippen molar-refractivity contribution >= 4 is 11.6 Å². The second-order valence-electron chi connectivity index (χ2n) is 5.39. The first-order chi connectivity index (χ1) is 8.81. The summed E-state index contributed by atoms with van der Waals surface area (Å²) < 4.78 is 0. The Balaban J connectivity index is 1.88. The Morgan fingerprint density at radius 2 is 1.94 bits per heavy atom. The zero-order chi connectivity index (χ0) is 12.8. The first-order valence-electron chi connectivity index (χ1n) is 7.28. The van der Waals surface area contributed by atoms with Crippen LogP contribution >= 0.6 is 11.6 Å². The van der Waals surface area contributed by atoms with Gasteiger partial charge in [0.25, 0.3) is 0 Å². The lowest BCUT2D eigenvalue weighted by atomic mass is 9.83. The molecule has 1 aliphatic carbocycles. The highest BCUT2D eigenvalue weighted by atomic mass is 35.5. The lowest BCUT2D eigenvalue weighted by molar-refractivity contribution is 0.262. The van der Waals surface area contributed by atoms with Crippen molar-refractivity contribution in [1.82, 2.24) is 5.32 Å². The van der Waals surface area contributed by atoms with E-state index in [1.54, 1.807) is 0 Å². The van der Waals surface area contributed by atoms with Gasteiger partial charge in [-0.3, -0.25) is 0 Å². The number of nitrogens with one attached hydrogen (secondary N) is 1. The van der Waals surface area contributed by atoms with Crippen LogP contribution in [0.3, 0.4) is 0 Å². The molecule has 0 heterocycles. The van der Waals surface area contributed by atoms with E-state index < -0.39 is 0 Å². The number of hydrogen-bond acceptors (Lipinski definition) is 1. The molecule has 1 saturated carbocycles. The molecule has 0 radical (unpaired) electrons. The van der Waals surface area contributed by atoms with Gasteiger partial charge >= 0.3 is 0 Å². The molecular weight excluding hydrogens is 242 g/mol. The van der Waals surface area contributed by atoms with Crippen molar-refractivity contribution in [2.24, 2.45) is 5.92 Å². The van der Waals surface area contributed by atoms with E-state index in [9.17, 15) is 0 Å². The van der Waals surface area contributed by atoms with Gasteiger partial charge in [0.2, 0.25) is 0 Å². The topological polar surface area (TPSA) is 12.0 Å². The van der Waals surface area contributed by atoms with Gasteiger partial charge in [-0.1, -0.05) is 56.0 Å². The summed E-state index contributed by atoms with van der Waals surface area (Å²) in [4.78, 5) is 0. The first-order valence-corrected chi connectivity index (χ1v) is 7.66. The van der Waals surface area contributed by atoms with Gasteiger partial charge in [0.15, 0.2) is 0 Å². The average Bonchev–Trinajstić information content (AvgIpc) is 2.42. The maximum absolute atomic E-state index is 6.20. The van der Waals surface area contributed by atoms with Gasteiger partial charge in [0.05, 0.1) is 0 Å². The Morgan fingerprint density at radius 1 is 1.22 bits per heavy atom. The lowest BCUT2D eigenvalue weighted by Crippen LogP contribution is -2.36. The molecule has 2 rings (SSSR count). The monoisotopic (exact) mass is 265 g/mol. The molecule has 1 N–H and O–H groups in total. The maximum Gasteiger partial charge on any atom is 0.0450 e. The molecule has 0 amide bonds. The van der Waals surface area contributed by atoms with Gasteiger partial charge in [-0.15, -0.1) is 0 Å². The molecule has 0 spiro atoms. The minimum absolute atomic E-state index is 0.654. The van der Waals surface area contributed by atoms with Crippen molar-refractivity contribution in [3.63, 3.8) is 0 Å². The van der Waals surface area contributed by atoms with Gasteiger partial charge in [-0.05, 0) is 36.8 Å². The second-order valence-corrected chi connectivity index (χ2v) is 5.79. The Bertz CT molecular complexity index is 358. The third kappa shape index (κ3) is 3.73. The minimum atomic E-state index is 0.654. The SMILES string of the molecule is CCC(NCc1ccccc1Cl)C1CCCCC1. The Labute approximate surface area is 116 Å². The predicted octanol–water partition coefficient (Wildman–Crippen LogP) is 4.79. The highest BCUT2D eigenvalue weighted by molar-refractivity contribution is 6.31. The minimum Gasteiger partial charge on any atom is -0.310 e. The highest BCUT2D eigenvalue weighted by Gasteiger charge is 2.21. The molecule has 1 aromatic rings. The molecule has 2 heteroatoms. The van der Waals surface area contributed by atoms with Crippen LogP contribution in [0.1, 0.15) is 51.0 Å². The standard InChI is InChI=1S/C16H24ClN/c1-2-16(13-8-4-3-5-9-13)18-12-14-10-6-7-11-15(14)17/h6-7,10-11,13,16,18H,2-5,8-9,12H2,1H3. The summed E-state index contributed by atoms with van der Waals surface area (Å²) >= 11 is 6.20. The number of hydrogen-bond donors (Lipinski definition) is 1. The molecule has 0 saturated heterocycles. The zero-order valence-electron chi connectivity index (χ0n) is 11.3. The molecule has 100 valence electrons. The van der Waals surface area contributed by atoms with Crippen molar-refractivity contribution in [3.8, 4) is 0 Å². The fraction of sp³-hybridized carbons (Fsp3) is 0.625. The lowest BCUT2D eigenvalue weighted by Gasteiger charge is -2.30. The van der Waals surface area contributed by atoms with E-state index in [0.29, 0.717) is 6.04 Å². The summed E-state index contributed by atoms with van der Waals surface area (Å²) in [6.45, 7) is 3.19. The maximum atomic E-state index is 6.20. The van der Waals surface area contributed by atoms with E-state index in [1.807, 2.05) is 12.1 Å². The van der Waals surface area contributed by atoms with Gasteiger partial charge in [-0.2, -0.15) is 0 Å². The predicted molar refractivity (Wildman–Crippen MR) is 78.9 cm³/mol. The van der Waals surface area contributed by atoms with E-state index in [-0.39, 0.29) is 0 Å². The quantitative estimate of drug-likeness (QED) is 0.807. The van der Waals surface area contributed by atoms with E-state index in [4.69, 9.17) is 11.6 Å². The third-order valence-electron chi connectivity index (χ3n) is 4.17. The molecule has 0 aliphatic heterocycles. The first kappa shape index (κ1) is 13.9. The van der Waals surface area contributed by atoms with Crippen molar-refractivity contribution in [2.45, 2.75) is 58.0 Å². The molecule has 1 nitrogen and oxygen atoms in total. The Hall–Kier alpha value is -0.530. The van der Waals surface area contributed by atoms with E-state index in [1.165, 1.54) is 44.1 Å². The summed E-state index contributed by atoms with van der Waals surface area (Å²) in [7, 11) is 0. The molecule has 1 unspecified atom stereocenters. The highest BCUT2D eigenvalue weighted by Crippen LogP contribution is 2.28. The van der Waals surface area contributed by atoms with E-state index >= 15 is 0 Å². The molecule has 18 heavy (non-hydrogen) atoms. The number of halogens is 1. The third-order valence-corrected chi connectivity index (χ3v) is 4.54. The summed E-state index contributed by atoms with van der Waals surface area (Å²) in [5.41, 5.74) is 1.22. The van der Waals surface area contributed by atoms with Crippen molar-refractivity contribution in [3.05, 3.63) is 34.9 Å². The van der Waals surface area contributed by atoms with E-state index in [2.05, 4.69) is 24.4 Å². The fourth-order valence-electron chi connectivity index (χ4n) is 3.06. The second kappa shape index (κ2) is 7.16. The van der Waals surface area contributed by atoms with Gasteiger partial charge in [0, 0.05) is 17.6 Å². The van der Waals surface area contributed by atoms with Crippen LogP contribution in [0.2, 0.25) is 5.02 Å². The van der Waals surface area contributed by atoms with Crippen LogP contribution in [0, 0.1) is 5.92 Å². The average molecular weight is 266 g/mol. The fourth-order valence-corrected chi connectivity index (χ4v) is 3.27. The van der Waals surface area contributed by atoms with Gasteiger partial charge in [-0.25, -0.2) is 0 Å². The van der Waals surface area contributed by atoms with Crippen LogP contribution in [0.25, 0.3) is 0 Å². The van der Waals surface area contributed by atoms with Crippen LogP contribution in [-0.2, 0) is 6.54 Å². The van der Waals surface area contributed by atoms with Crippen LogP contribution in [0.4, 0.5) is 0 Å². The normalized spacial score (nSPS) is 18.8. The van der Waals surface area contributed by atoms with Gasteiger partial charge < -0.3 is 5.32 Å². The van der Waals surface area contributed by atoms with Crippen LogP contribution in [-0.4, -0.2) is 6.04 Å². The molecule has 1 atom stereocenters. The van der Waals surface area contributed by atoms with Crippen molar-refractivity contribution in [1.29, 1.82) is 0 Å². The van der Waals surface area contributed by atoms with Crippen LogP contribution < -0.4 is 5.32 Å². The van der Waals surface area contributed by atoms with Crippen LogP contribution in [0.15, 0.2) is 24.3 Å². The molecule has 1 aromatic carbocycles. The smallest absolute Gasteiger partial charge is 0.0450 e. The summed E-state index contributed by atoms with van der Waals surface area (Å²) in [6, 6.07) is 8.79. The molecule has 1 aliphatic rings. The molecule has 0 aromatic heterocycles. The Morgan fingerprint density at radius 3 is 2.61 bits per heavy atom. The van der Waals surface area contributed by atoms with E-state index in [0.717, 1.165) is 17.5 Å². The summed E-state index contributed by atoms with van der Waals surface area (Å²) in [5.74, 6) is 0.867. The van der Waals surface area contributed by atoms with Crippen LogP contribution in [0.5, 0.6) is 0 Å². The molecule has 0 bridgehead atoms. The molecule has 1 fully saturated rings. The van der Waals surface area contributed by atoms with Gasteiger partial charge in [0.1, 0.15) is 0 Å². The Kier molecular flexibility index (Phi) is 5.52. The summed E-state index contributed by atoms with van der Waals surface area (Å²) in [5, 5.41) is 4.59. The number of rotatable bonds is 5. The van der Waals surface area contributed by atoms with Crippen molar-refractivity contribution < 1.29 is 0 Å². The largest absolute Gasteiger partial charge is 0.310 e.